The van der Waals surface area contributed by atoms with E-state index in [1.807, 2.05) is 30.3 Å². The Balaban J connectivity index is 1.31. The van der Waals surface area contributed by atoms with Gasteiger partial charge in [-0.3, -0.25) is 9.69 Å². The fourth-order valence-corrected chi connectivity index (χ4v) is 5.50. The molecule has 0 atom stereocenters. The van der Waals surface area contributed by atoms with Gasteiger partial charge in [-0.05, 0) is 42.2 Å². The van der Waals surface area contributed by atoms with Crippen LogP contribution in [0.4, 0.5) is 5.69 Å². The molecule has 0 amide bonds. The van der Waals surface area contributed by atoms with Gasteiger partial charge in [-0.25, -0.2) is 0 Å². The molecule has 5 rings (SSSR count). The van der Waals surface area contributed by atoms with Crippen molar-refractivity contribution in [3.8, 4) is 22.9 Å². The number of hydrogen-bond acceptors (Lipinski definition) is 7. The first-order valence-corrected chi connectivity index (χ1v) is 13.4. The summed E-state index contributed by atoms with van der Waals surface area (Å²) in [7, 11) is 0. The number of benzene rings is 2. The average Bonchev–Trinajstić information content (AvgIpc) is 2.90. The summed E-state index contributed by atoms with van der Waals surface area (Å²) in [6.45, 7) is 4.17. The highest BCUT2D eigenvalue weighted by Crippen LogP contribution is 2.29. The SMILES string of the molecule is O=c1c(OCCC2CCCCC2)c(N2CCN(Cc3cc(O)cc(O)c3)CC2)cnn1-c1ccccc1. The number of para-hydroxylation sites is 1. The number of aromatic hydroxyl groups is 2. The first-order chi connectivity index (χ1) is 18.1. The van der Waals surface area contributed by atoms with E-state index >= 15 is 0 Å². The van der Waals surface area contributed by atoms with Gasteiger partial charge >= 0.3 is 5.56 Å². The Morgan fingerprint density at radius 1 is 0.919 bits per heavy atom. The molecule has 1 aliphatic carbocycles. The van der Waals surface area contributed by atoms with Gasteiger partial charge in [-0.1, -0.05) is 50.3 Å². The molecule has 2 N–H and O–H groups in total. The maximum atomic E-state index is 13.6. The second-order valence-electron chi connectivity index (χ2n) is 10.2. The standard InChI is InChI=1S/C29H36N4O4/c34-25-17-23(18-26(35)19-25)21-31-12-14-32(15-13-31)27-20-30-33(24-9-5-2-6-10-24)29(36)28(27)37-16-11-22-7-3-1-4-8-22/h2,5-6,9-10,17-20,22,34-35H,1,3-4,7-8,11-16,21H2. The zero-order chi connectivity index (χ0) is 25.6. The summed E-state index contributed by atoms with van der Waals surface area (Å²) in [4.78, 5) is 18.0. The van der Waals surface area contributed by atoms with Crippen molar-refractivity contribution >= 4 is 5.69 Å². The minimum Gasteiger partial charge on any atom is -0.508 e. The third-order valence-electron chi connectivity index (χ3n) is 7.49. The summed E-state index contributed by atoms with van der Waals surface area (Å²) in [6.07, 6.45) is 9.13. The van der Waals surface area contributed by atoms with Gasteiger partial charge in [0.1, 0.15) is 17.2 Å². The average molecular weight is 505 g/mol. The third-order valence-corrected chi connectivity index (χ3v) is 7.49. The molecule has 2 aliphatic rings. The highest BCUT2D eigenvalue weighted by molar-refractivity contribution is 5.57. The van der Waals surface area contributed by atoms with E-state index in [1.165, 1.54) is 42.9 Å². The summed E-state index contributed by atoms with van der Waals surface area (Å²) >= 11 is 0. The molecule has 37 heavy (non-hydrogen) atoms. The first-order valence-electron chi connectivity index (χ1n) is 13.4. The zero-order valence-corrected chi connectivity index (χ0v) is 21.3. The van der Waals surface area contributed by atoms with Crippen LogP contribution in [0.25, 0.3) is 5.69 Å². The maximum Gasteiger partial charge on any atom is 0.316 e. The lowest BCUT2D eigenvalue weighted by molar-refractivity contribution is 0.237. The molecule has 0 unspecified atom stereocenters. The largest absolute Gasteiger partial charge is 0.508 e. The van der Waals surface area contributed by atoms with Crippen LogP contribution in [0.1, 0.15) is 44.1 Å². The third kappa shape index (κ3) is 6.25. The number of aromatic nitrogens is 2. The first kappa shape index (κ1) is 25.1. The van der Waals surface area contributed by atoms with Crippen LogP contribution in [0.3, 0.4) is 0 Å². The fourth-order valence-electron chi connectivity index (χ4n) is 5.50. The topological polar surface area (TPSA) is 91.1 Å². The van der Waals surface area contributed by atoms with E-state index in [0.717, 1.165) is 49.5 Å². The van der Waals surface area contributed by atoms with Crippen molar-refractivity contribution in [2.24, 2.45) is 5.92 Å². The molecule has 2 fully saturated rings. The van der Waals surface area contributed by atoms with Crippen molar-refractivity contribution in [1.29, 1.82) is 0 Å². The molecule has 8 heteroatoms. The lowest BCUT2D eigenvalue weighted by atomic mass is 9.87. The number of rotatable bonds is 8. The lowest BCUT2D eigenvalue weighted by Gasteiger charge is -2.36. The molecule has 1 saturated carbocycles. The summed E-state index contributed by atoms with van der Waals surface area (Å²) in [5.41, 5.74) is 2.10. The highest BCUT2D eigenvalue weighted by Gasteiger charge is 2.24. The highest BCUT2D eigenvalue weighted by atomic mass is 16.5. The molecule has 196 valence electrons. The number of piperazine rings is 1. The molecule has 0 radical (unpaired) electrons. The summed E-state index contributed by atoms with van der Waals surface area (Å²) in [6, 6.07) is 14.1. The van der Waals surface area contributed by atoms with Crippen LogP contribution in [0.15, 0.2) is 59.5 Å². The van der Waals surface area contributed by atoms with Crippen molar-refractivity contribution in [2.75, 3.05) is 37.7 Å². The number of hydrogen-bond donors (Lipinski definition) is 2. The van der Waals surface area contributed by atoms with Gasteiger partial charge in [0.15, 0.2) is 0 Å². The minimum absolute atomic E-state index is 0.0636. The van der Waals surface area contributed by atoms with Crippen LogP contribution in [0, 0.1) is 5.92 Å². The molecular weight excluding hydrogens is 468 g/mol. The molecule has 2 heterocycles. The van der Waals surface area contributed by atoms with Crippen molar-refractivity contribution in [3.05, 3.63) is 70.6 Å². The van der Waals surface area contributed by atoms with E-state index in [-0.39, 0.29) is 17.1 Å². The Morgan fingerprint density at radius 3 is 2.32 bits per heavy atom. The van der Waals surface area contributed by atoms with Crippen LogP contribution in [-0.4, -0.2) is 57.7 Å². The molecule has 0 bridgehead atoms. The molecular formula is C29H36N4O4. The quantitative estimate of drug-likeness (QED) is 0.472. The second-order valence-corrected chi connectivity index (χ2v) is 10.2. The summed E-state index contributed by atoms with van der Waals surface area (Å²) < 4.78 is 7.67. The number of anilines is 1. The van der Waals surface area contributed by atoms with Crippen LogP contribution in [0.2, 0.25) is 0 Å². The van der Waals surface area contributed by atoms with Crippen molar-refractivity contribution < 1.29 is 14.9 Å². The minimum atomic E-state index is -0.231. The van der Waals surface area contributed by atoms with Gasteiger partial charge in [0.2, 0.25) is 5.75 Å². The van der Waals surface area contributed by atoms with Gasteiger partial charge in [0, 0.05) is 38.8 Å². The van der Waals surface area contributed by atoms with Crippen molar-refractivity contribution in [1.82, 2.24) is 14.7 Å². The van der Waals surface area contributed by atoms with E-state index in [1.54, 1.807) is 18.3 Å². The molecule has 1 saturated heterocycles. The number of nitrogens with zero attached hydrogens (tertiary/aromatic N) is 4. The van der Waals surface area contributed by atoms with Gasteiger partial charge in [-0.15, -0.1) is 0 Å². The van der Waals surface area contributed by atoms with Gasteiger partial charge in [0.05, 0.1) is 18.5 Å². The Kier molecular flexibility index (Phi) is 7.94. The van der Waals surface area contributed by atoms with E-state index in [4.69, 9.17) is 4.74 Å². The lowest BCUT2D eigenvalue weighted by Crippen LogP contribution is -2.46. The maximum absolute atomic E-state index is 13.6. The second kappa shape index (κ2) is 11.7. The van der Waals surface area contributed by atoms with E-state index in [9.17, 15) is 15.0 Å². The number of phenolic OH excluding ortho intramolecular Hbond substituents is 2. The van der Waals surface area contributed by atoms with Crippen LogP contribution in [0.5, 0.6) is 17.2 Å². The summed E-state index contributed by atoms with van der Waals surface area (Å²) in [5, 5.41) is 24.1. The summed E-state index contributed by atoms with van der Waals surface area (Å²) in [5.74, 6) is 1.18. The Hall–Kier alpha value is -3.52. The molecule has 1 aliphatic heterocycles. The molecule has 1 aromatic heterocycles. The van der Waals surface area contributed by atoms with Gasteiger partial charge in [0.25, 0.3) is 0 Å². The zero-order valence-electron chi connectivity index (χ0n) is 21.3. The number of ether oxygens (including phenoxy) is 1. The number of phenols is 2. The van der Waals surface area contributed by atoms with Crippen molar-refractivity contribution in [3.63, 3.8) is 0 Å². The molecule has 8 nitrogen and oxygen atoms in total. The predicted molar refractivity (Wildman–Crippen MR) is 144 cm³/mol. The van der Waals surface area contributed by atoms with Crippen molar-refractivity contribution in [2.45, 2.75) is 45.1 Å². The Labute approximate surface area is 217 Å². The normalized spacial score (nSPS) is 17.1. The van der Waals surface area contributed by atoms with Crippen LogP contribution >= 0.6 is 0 Å². The van der Waals surface area contributed by atoms with Gasteiger partial charge < -0.3 is 19.8 Å². The molecule has 2 aromatic carbocycles. The predicted octanol–water partition coefficient (Wildman–Crippen LogP) is 4.32. The Bertz CT molecular complexity index is 1210. The molecule has 0 spiro atoms. The monoisotopic (exact) mass is 504 g/mol. The van der Waals surface area contributed by atoms with Crippen LogP contribution in [-0.2, 0) is 6.54 Å². The fraction of sp³-hybridized carbons (Fsp3) is 0.448. The molecule has 3 aromatic rings. The van der Waals surface area contributed by atoms with Gasteiger partial charge in [-0.2, -0.15) is 9.78 Å². The smallest absolute Gasteiger partial charge is 0.316 e. The Morgan fingerprint density at radius 2 is 1.62 bits per heavy atom. The van der Waals surface area contributed by atoms with E-state index in [0.29, 0.717) is 24.8 Å². The van der Waals surface area contributed by atoms with E-state index < -0.39 is 0 Å². The van der Waals surface area contributed by atoms with Crippen LogP contribution < -0.4 is 15.2 Å². The van der Waals surface area contributed by atoms with E-state index in [2.05, 4.69) is 14.9 Å².